The number of aryl methyl sites for hydroxylation is 2. The van der Waals surface area contributed by atoms with Gasteiger partial charge < -0.3 is 5.32 Å². The zero-order valence-corrected chi connectivity index (χ0v) is 18.8. The first kappa shape index (κ1) is 22.7. The summed E-state index contributed by atoms with van der Waals surface area (Å²) in [6, 6.07) is 19.1. The van der Waals surface area contributed by atoms with Crippen LogP contribution in [-0.2, 0) is 11.3 Å². The Morgan fingerprint density at radius 2 is 1.53 bits per heavy atom. The number of hydrogen-bond donors (Lipinski definition) is 3. The normalized spacial score (nSPS) is 12.4. The Balaban J connectivity index is 1.33. The predicted molar refractivity (Wildman–Crippen MR) is 127 cm³/mol. The van der Waals surface area contributed by atoms with Crippen LogP contribution in [-0.4, -0.2) is 35.1 Å². The molecule has 0 radical (unpaired) electrons. The number of benzene rings is 3. The topological polar surface area (TPSA) is 108 Å². The second-order valence-corrected chi connectivity index (χ2v) is 8.12. The minimum atomic E-state index is -0.510. The van der Waals surface area contributed by atoms with Crippen LogP contribution in [0.25, 0.3) is 0 Å². The van der Waals surface area contributed by atoms with Crippen LogP contribution < -0.4 is 16.2 Å². The summed E-state index contributed by atoms with van der Waals surface area (Å²) in [5.41, 5.74) is 9.41. The fraction of sp³-hybridized carbons (Fsp3) is 0.154. The molecule has 4 rings (SSSR count). The number of amides is 4. The average molecular weight is 457 g/mol. The molecular weight excluding hydrogens is 432 g/mol. The van der Waals surface area contributed by atoms with Crippen LogP contribution in [0.5, 0.6) is 0 Å². The number of rotatable bonds is 6. The number of fused-ring (bicyclic) bond motifs is 1. The molecule has 8 nitrogen and oxygen atoms in total. The highest BCUT2D eigenvalue weighted by Gasteiger charge is 2.35. The lowest BCUT2D eigenvalue weighted by Gasteiger charge is -2.15. The molecule has 1 heterocycles. The molecule has 0 aliphatic carbocycles. The molecule has 0 atom stereocenters. The van der Waals surface area contributed by atoms with E-state index in [-0.39, 0.29) is 30.5 Å². The van der Waals surface area contributed by atoms with Gasteiger partial charge in [0.1, 0.15) is 0 Å². The average Bonchev–Trinajstić information content (AvgIpc) is 3.07. The number of nitrogens with one attached hydrogen (secondary N) is 3. The maximum atomic E-state index is 12.6. The van der Waals surface area contributed by atoms with Crippen LogP contribution in [0.2, 0.25) is 0 Å². The Labute approximate surface area is 196 Å². The molecule has 4 amide bonds. The zero-order chi connectivity index (χ0) is 24.2. The fourth-order valence-corrected chi connectivity index (χ4v) is 3.81. The Morgan fingerprint density at radius 3 is 2.21 bits per heavy atom. The van der Waals surface area contributed by atoms with E-state index in [0.29, 0.717) is 16.7 Å². The van der Waals surface area contributed by atoms with Crippen molar-refractivity contribution in [3.05, 3.63) is 100 Å². The number of anilines is 1. The van der Waals surface area contributed by atoms with Gasteiger partial charge in [-0.15, -0.1) is 0 Å². The third kappa shape index (κ3) is 4.80. The highest BCUT2D eigenvalue weighted by atomic mass is 16.2. The number of imide groups is 1. The van der Waals surface area contributed by atoms with Gasteiger partial charge in [0.25, 0.3) is 23.6 Å². The van der Waals surface area contributed by atoms with Gasteiger partial charge in [-0.25, -0.2) is 0 Å². The number of carbonyl (C=O) groups excluding carboxylic acids is 4. The quantitative estimate of drug-likeness (QED) is 0.391. The second kappa shape index (κ2) is 9.58. The van der Waals surface area contributed by atoms with Crippen molar-refractivity contribution in [1.82, 2.24) is 15.8 Å². The van der Waals surface area contributed by atoms with E-state index >= 15 is 0 Å². The molecule has 0 bridgehead atoms. The summed E-state index contributed by atoms with van der Waals surface area (Å²) >= 11 is 0. The summed E-state index contributed by atoms with van der Waals surface area (Å²) in [6.45, 7) is 3.97. The lowest BCUT2D eigenvalue weighted by Crippen LogP contribution is -2.44. The fourth-order valence-electron chi connectivity index (χ4n) is 3.81. The zero-order valence-electron chi connectivity index (χ0n) is 18.8. The molecule has 3 N–H and O–H groups in total. The van der Waals surface area contributed by atoms with Crippen molar-refractivity contribution in [2.75, 3.05) is 11.9 Å². The predicted octanol–water partition coefficient (Wildman–Crippen LogP) is 2.97. The molecule has 1 aliphatic heterocycles. The second-order valence-electron chi connectivity index (χ2n) is 8.12. The molecular formula is C26H24N4O4. The number of carbonyl (C=O) groups is 4. The van der Waals surface area contributed by atoms with Crippen LogP contribution in [0.15, 0.2) is 66.7 Å². The van der Waals surface area contributed by atoms with Gasteiger partial charge in [0.15, 0.2) is 0 Å². The van der Waals surface area contributed by atoms with E-state index in [1.165, 1.54) is 0 Å². The van der Waals surface area contributed by atoms with Crippen molar-refractivity contribution in [2.45, 2.75) is 20.4 Å². The molecule has 1 aliphatic rings. The largest absolute Gasteiger partial charge is 0.376 e. The van der Waals surface area contributed by atoms with Crippen molar-refractivity contribution < 1.29 is 19.2 Å². The van der Waals surface area contributed by atoms with E-state index in [0.717, 1.165) is 21.7 Å². The molecule has 34 heavy (non-hydrogen) atoms. The third-order valence-electron chi connectivity index (χ3n) is 5.54. The monoisotopic (exact) mass is 456 g/mol. The van der Waals surface area contributed by atoms with Crippen LogP contribution in [0, 0.1) is 13.8 Å². The van der Waals surface area contributed by atoms with Crippen LogP contribution >= 0.6 is 0 Å². The maximum Gasteiger partial charge on any atom is 0.269 e. The van der Waals surface area contributed by atoms with Crippen molar-refractivity contribution in [3.63, 3.8) is 0 Å². The van der Waals surface area contributed by atoms with Gasteiger partial charge in [-0.2, -0.15) is 0 Å². The van der Waals surface area contributed by atoms with Crippen LogP contribution in [0.3, 0.4) is 0 Å². The van der Waals surface area contributed by atoms with Gasteiger partial charge in [-0.1, -0.05) is 42.0 Å². The van der Waals surface area contributed by atoms with E-state index in [4.69, 9.17) is 0 Å². The van der Waals surface area contributed by atoms with Crippen molar-refractivity contribution in [1.29, 1.82) is 0 Å². The number of hydrazine groups is 1. The van der Waals surface area contributed by atoms with Gasteiger partial charge in [0, 0.05) is 11.3 Å². The SMILES string of the molecule is Cc1ccc(NCC(=O)NNC(=O)c2cccc(CN3C(=O)c4ccccc4C3=O)c2)c(C)c1. The minimum absolute atomic E-state index is 0.00996. The summed E-state index contributed by atoms with van der Waals surface area (Å²) in [5, 5.41) is 3.04. The van der Waals surface area contributed by atoms with Gasteiger partial charge in [0.2, 0.25) is 0 Å². The first-order valence-corrected chi connectivity index (χ1v) is 10.8. The molecule has 8 heteroatoms. The first-order chi connectivity index (χ1) is 16.3. The Bertz CT molecular complexity index is 1270. The van der Waals surface area contributed by atoms with Gasteiger partial charge in [0.05, 0.1) is 24.2 Å². The van der Waals surface area contributed by atoms with E-state index in [1.54, 1.807) is 48.5 Å². The molecule has 0 unspecified atom stereocenters. The van der Waals surface area contributed by atoms with Gasteiger partial charge in [-0.3, -0.25) is 34.9 Å². The van der Waals surface area contributed by atoms with E-state index in [2.05, 4.69) is 16.2 Å². The lowest BCUT2D eigenvalue weighted by molar-refractivity contribution is -0.120. The molecule has 0 aromatic heterocycles. The number of hydrogen-bond acceptors (Lipinski definition) is 5. The van der Waals surface area contributed by atoms with Crippen molar-refractivity contribution >= 4 is 29.3 Å². The first-order valence-electron chi connectivity index (χ1n) is 10.8. The summed E-state index contributed by atoms with van der Waals surface area (Å²) in [4.78, 5) is 51.0. The number of nitrogens with zero attached hydrogens (tertiary/aromatic N) is 1. The summed E-state index contributed by atoms with van der Waals surface area (Å²) in [6.07, 6.45) is 0. The molecule has 172 valence electrons. The molecule has 0 spiro atoms. The Hall–Kier alpha value is -4.46. The van der Waals surface area contributed by atoms with Gasteiger partial charge in [-0.05, 0) is 55.3 Å². The Morgan fingerprint density at radius 1 is 0.824 bits per heavy atom. The van der Waals surface area contributed by atoms with Crippen LogP contribution in [0.4, 0.5) is 5.69 Å². The molecule has 3 aromatic rings. The standard InChI is InChI=1S/C26H24N4O4/c1-16-10-11-22(17(2)12-16)27-14-23(31)28-29-24(32)19-7-5-6-18(13-19)15-30-25(33)20-8-3-4-9-21(20)26(30)34/h3-13,27H,14-15H2,1-2H3,(H,28,31)(H,29,32). The summed E-state index contributed by atoms with van der Waals surface area (Å²) in [7, 11) is 0. The molecule has 0 saturated heterocycles. The van der Waals surface area contributed by atoms with Gasteiger partial charge >= 0.3 is 0 Å². The van der Waals surface area contributed by atoms with Crippen molar-refractivity contribution in [3.8, 4) is 0 Å². The smallest absolute Gasteiger partial charge is 0.269 e. The van der Waals surface area contributed by atoms with Crippen molar-refractivity contribution in [2.24, 2.45) is 0 Å². The highest BCUT2D eigenvalue weighted by molar-refractivity contribution is 6.21. The molecule has 3 aromatic carbocycles. The summed E-state index contributed by atoms with van der Waals surface area (Å²) < 4.78 is 0. The van der Waals surface area contributed by atoms with E-state index in [1.807, 2.05) is 32.0 Å². The lowest BCUT2D eigenvalue weighted by atomic mass is 10.1. The van der Waals surface area contributed by atoms with E-state index in [9.17, 15) is 19.2 Å². The minimum Gasteiger partial charge on any atom is -0.376 e. The molecule has 0 fully saturated rings. The van der Waals surface area contributed by atoms with Crippen LogP contribution in [0.1, 0.15) is 47.8 Å². The third-order valence-corrected chi connectivity index (χ3v) is 5.54. The Kier molecular flexibility index (Phi) is 6.40. The summed E-state index contributed by atoms with van der Waals surface area (Å²) in [5.74, 6) is -1.64. The maximum absolute atomic E-state index is 12.6. The highest BCUT2D eigenvalue weighted by Crippen LogP contribution is 2.24. The van der Waals surface area contributed by atoms with E-state index < -0.39 is 11.8 Å². The molecule has 0 saturated carbocycles.